The van der Waals surface area contributed by atoms with Gasteiger partial charge in [0.2, 0.25) is 5.88 Å². The number of hydrogen-bond acceptors (Lipinski definition) is 4. The molecular weight excluding hydrogens is 326 g/mol. The number of carbonyl (C=O) groups is 1. The van der Waals surface area contributed by atoms with Gasteiger partial charge in [0.25, 0.3) is 5.91 Å². The van der Waals surface area contributed by atoms with E-state index >= 15 is 0 Å². The van der Waals surface area contributed by atoms with Gasteiger partial charge in [-0.25, -0.2) is 4.98 Å². The molecule has 1 fully saturated rings. The first-order valence-corrected chi connectivity index (χ1v) is 8.48. The molecule has 3 rings (SSSR count). The Kier molecular flexibility index (Phi) is 5.00. The lowest BCUT2D eigenvalue weighted by Crippen LogP contribution is -2.31. The van der Waals surface area contributed by atoms with Crippen molar-refractivity contribution in [2.75, 3.05) is 6.54 Å². The average Bonchev–Trinajstić information content (AvgIpc) is 3.06. The molecule has 0 spiro atoms. The van der Waals surface area contributed by atoms with Crippen molar-refractivity contribution < 1.29 is 9.53 Å². The molecule has 1 saturated heterocycles. The Morgan fingerprint density at radius 3 is 2.88 bits per heavy atom. The quantitative estimate of drug-likeness (QED) is 0.843. The van der Waals surface area contributed by atoms with Gasteiger partial charge in [-0.1, -0.05) is 17.7 Å². The SMILES string of the molecule is CC(C)Oc1ncc(C(=O)N2CCC[C@H]2c2ccccn2)cc1Cl. The number of aromatic nitrogens is 2. The predicted octanol–water partition coefficient (Wildman–Crippen LogP) is 3.89. The van der Waals surface area contributed by atoms with Crippen LogP contribution in [0.15, 0.2) is 36.7 Å². The third-order valence-corrected chi connectivity index (χ3v) is 4.22. The van der Waals surface area contributed by atoms with Gasteiger partial charge in [-0.05, 0) is 44.9 Å². The molecule has 1 aliphatic rings. The molecule has 0 aliphatic carbocycles. The Morgan fingerprint density at radius 2 is 2.21 bits per heavy atom. The van der Waals surface area contributed by atoms with Crippen LogP contribution in [0, 0.1) is 0 Å². The Bertz CT molecular complexity index is 721. The van der Waals surface area contributed by atoms with E-state index in [1.807, 2.05) is 36.9 Å². The fourth-order valence-corrected chi connectivity index (χ4v) is 3.12. The maximum Gasteiger partial charge on any atom is 0.256 e. The third-order valence-electron chi connectivity index (χ3n) is 3.94. The summed E-state index contributed by atoms with van der Waals surface area (Å²) in [5.74, 6) is 0.277. The van der Waals surface area contributed by atoms with Crippen molar-refractivity contribution >= 4 is 17.5 Å². The van der Waals surface area contributed by atoms with Crippen LogP contribution in [-0.4, -0.2) is 33.4 Å². The molecule has 1 atom stereocenters. The molecule has 0 saturated carbocycles. The number of amides is 1. The highest BCUT2D eigenvalue weighted by Crippen LogP contribution is 2.32. The normalized spacial score (nSPS) is 17.3. The van der Waals surface area contributed by atoms with Crippen LogP contribution in [0.1, 0.15) is 48.8 Å². The summed E-state index contributed by atoms with van der Waals surface area (Å²) in [5.41, 5.74) is 1.39. The van der Waals surface area contributed by atoms with Gasteiger partial charge in [-0.2, -0.15) is 0 Å². The van der Waals surface area contributed by atoms with Crippen molar-refractivity contribution in [1.29, 1.82) is 0 Å². The van der Waals surface area contributed by atoms with Gasteiger partial charge in [-0.3, -0.25) is 9.78 Å². The third kappa shape index (κ3) is 3.51. The number of likely N-dealkylation sites (tertiary alicyclic amines) is 1. The number of nitrogens with zero attached hydrogens (tertiary/aromatic N) is 3. The minimum Gasteiger partial charge on any atom is -0.474 e. The fraction of sp³-hybridized carbons (Fsp3) is 0.389. The van der Waals surface area contributed by atoms with Gasteiger partial charge in [0.1, 0.15) is 5.02 Å². The van der Waals surface area contributed by atoms with Crippen LogP contribution in [0.2, 0.25) is 5.02 Å². The molecule has 0 bridgehead atoms. The van der Waals surface area contributed by atoms with Crippen LogP contribution in [0.4, 0.5) is 0 Å². The van der Waals surface area contributed by atoms with E-state index in [2.05, 4.69) is 9.97 Å². The van der Waals surface area contributed by atoms with Gasteiger partial charge < -0.3 is 9.64 Å². The highest BCUT2D eigenvalue weighted by molar-refractivity contribution is 6.32. The van der Waals surface area contributed by atoms with Crippen LogP contribution in [-0.2, 0) is 0 Å². The summed E-state index contributed by atoms with van der Waals surface area (Å²) < 4.78 is 5.52. The van der Waals surface area contributed by atoms with E-state index in [9.17, 15) is 4.79 Å². The fourth-order valence-electron chi connectivity index (χ4n) is 2.91. The first kappa shape index (κ1) is 16.7. The van der Waals surface area contributed by atoms with Gasteiger partial charge in [0.15, 0.2) is 0 Å². The van der Waals surface area contributed by atoms with Crippen LogP contribution in [0.25, 0.3) is 0 Å². The second kappa shape index (κ2) is 7.18. The summed E-state index contributed by atoms with van der Waals surface area (Å²) >= 11 is 6.21. The Balaban J connectivity index is 1.82. The van der Waals surface area contributed by atoms with E-state index in [-0.39, 0.29) is 18.1 Å². The lowest BCUT2D eigenvalue weighted by molar-refractivity contribution is 0.0732. The minimum atomic E-state index is -0.0753. The molecule has 126 valence electrons. The summed E-state index contributed by atoms with van der Waals surface area (Å²) in [6.07, 6.45) is 5.14. The van der Waals surface area contributed by atoms with Gasteiger partial charge >= 0.3 is 0 Å². The average molecular weight is 346 g/mol. The van der Waals surface area contributed by atoms with Crippen molar-refractivity contribution in [2.45, 2.75) is 38.8 Å². The van der Waals surface area contributed by atoms with E-state index in [1.54, 1.807) is 12.3 Å². The zero-order valence-corrected chi connectivity index (χ0v) is 14.5. The molecule has 6 heteroatoms. The summed E-state index contributed by atoms with van der Waals surface area (Å²) in [7, 11) is 0. The highest BCUT2D eigenvalue weighted by atomic mass is 35.5. The molecule has 0 N–H and O–H groups in total. The number of ether oxygens (including phenoxy) is 1. The largest absolute Gasteiger partial charge is 0.474 e. The number of rotatable bonds is 4. The standard InChI is InChI=1S/C18H20ClN3O2/c1-12(2)24-17-14(19)10-13(11-21-17)18(23)22-9-5-7-16(22)15-6-3-4-8-20-15/h3-4,6,8,10-12,16H,5,7,9H2,1-2H3/t16-/m0/s1. The zero-order chi connectivity index (χ0) is 17.1. The van der Waals surface area contributed by atoms with Gasteiger partial charge in [0.05, 0.1) is 23.4 Å². The van der Waals surface area contributed by atoms with Crippen molar-refractivity contribution in [3.05, 3.63) is 52.9 Å². The maximum atomic E-state index is 12.9. The summed E-state index contributed by atoms with van der Waals surface area (Å²) in [6, 6.07) is 7.41. The molecule has 0 radical (unpaired) electrons. The molecule has 0 aromatic carbocycles. The highest BCUT2D eigenvalue weighted by Gasteiger charge is 2.31. The Labute approximate surface area is 146 Å². The van der Waals surface area contributed by atoms with Crippen molar-refractivity contribution in [2.24, 2.45) is 0 Å². The van der Waals surface area contributed by atoms with Crippen LogP contribution >= 0.6 is 11.6 Å². The van der Waals surface area contributed by atoms with E-state index in [0.29, 0.717) is 23.0 Å². The monoisotopic (exact) mass is 345 g/mol. The number of carbonyl (C=O) groups excluding carboxylic acids is 1. The summed E-state index contributed by atoms with van der Waals surface area (Å²) in [5, 5.41) is 0.350. The van der Waals surface area contributed by atoms with Crippen molar-refractivity contribution in [3.63, 3.8) is 0 Å². The molecule has 2 aromatic rings. The molecule has 1 amide bonds. The van der Waals surface area contributed by atoms with Crippen molar-refractivity contribution in [3.8, 4) is 5.88 Å². The second-order valence-corrected chi connectivity index (χ2v) is 6.50. The molecular formula is C18H20ClN3O2. The van der Waals surface area contributed by atoms with Crippen LogP contribution < -0.4 is 4.74 Å². The molecule has 0 unspecified atom stereocenters. The Morgan fingerprint density at radius 1 is 1.38 bits per heavy atom. The first-order chi connectivity index (χ1) is 11.6. The lowest BCUT2D eigenvalue weighted by atomic mass is 10.1. The second-order valence-electron chi connectivity index (χ2n) is 6.09. The molecule has 3 heterocycles. The first-order valence-electron chi connectivity index (χ1n) is 8.10. The zero-order valence-electron chi connectivity index (χ0n) is 13.8. The molecule has 1 aliphatic heterocycles. The smallest absolute Gasteiger partial charge is 0.256 e. The van der Waals surface area contributed by atoms with E-state index in [1.165, 1.54) is 6.20 Å². The molecule has 5 nitrogen and oxygen atoms in total. The van der Waals surface area contributed by atoms with E-state index in [4.69, 9.17) is 16.3 Å². The maximum absolute atomic E-state index is 12.9. The predicted molar refractivity (Wildman–Crippen MR) is 92.3 cm³/mol. The Hall–Kier alpha value is -2.14. The van der Waals surface area contributed by atoms with Gasteiger partial charge in [-0.15, -0.1) is 0 Å². The lowest BCUT2D eigenvalue weighted by Gasteiger charge is -2.24. The molecule has 2 aromatic heterocycles. The van der Waals surface area contributed by atoms with Crippen LogP contribution in [0.3, 0.4) is 0 Å². The van der Waals surface area contributed by atoms with E-state index < -0.39 is 0 Å². The van der Waals surface area contributed by atoms with Crippen LogP contribution in [0.5, 0.6) is 5.88 Å². The molecule has 24 heavy (non-hydrogen) atoms. The number of hydrogen-bond donors (Lipinski definition) is 0. The van der Waals surface area contributed by atoms with Crippen molar-refractivity contribution in [1.82, 2.24) is 14.9 Å². The number of halogens is 1. The topological polar surface area (TPSA) is 55.3 Å². The minimum absolute atomic E-state index is 0.00376. The summed E-state index contributed by atoms with van der Waals surface area (Å²) in [4.78, 5) is 23.3. The summed E-state index contributed by atoms with van der Waals surface area (Å²) in [6.45, 7) is 4.51. The van der Waals surface area contributed by atoms with Gasteiger partial charge in [0, 0.05) is 18.9 Å². The van der Waals surface area contributed by atoms with E-state index in [0.717, 1.165) is 18.5 Å². The number of pyridine rings is 2.